The highest BCUT2D eigenvalue weighted by Gasteiger charge is 2.31. The molecule has 1 aromatic heterocycles. The first-order chi connectivity index (χ1) is 8.50. The van der Waals surface area contributed by atoms with E-state index in [0.29, 0.717) is 11.7 Å². The molecule has 0 saturated carbocycles. The monoisotopic (exact) mass is 251 g/mol. The summed E-state index contributed by atoms with van der Waals surface area (Å²) in [5.74, 6) is 1.77. The molecule has 0 aliphatic carbocycles. The maximum atomic E-state index is 10.0. The van der Waals surface area contributed by atoms with Crippen molar-refractivity contribution in [2.75, 3.05) is 25.1 Å². The molecule has 18 heavy (non-hydrogen) atoms. The van der Waals surface area contributed by atoms with Gasteiger partial charge in [-0.25, -0.2) is 9.97 Å². The molecule has 0 radical (unpaired) electrons. The van der Waals surface area contributed by atoms with Gasteiger partial charge in [0.05, 0.1) is 25.1 Å². The summed E-state index contributed by atoms with van der Waals surface area (Å²) in [5.41, 5.74) is -0.590. The lowest BCUT2D eigenvalue weighted by Crippen LogP contribution is -2.42. The van der Waals surface area contributed by atoms with Crippen molar-refractivity contribution in [1.82, 2.24) is 9.97 Å². The minimum absolute atomic E-state index is 0.354. The molecule has 0 aromatic carbocycles. The zero-order valence-electron chi connectivity index (χ0n) is 11.3. The molecule has 1 N–H and O–H groups in total. The minimum atomic E-state index is -0.590. The van der Waals surface area contributed by atoms with Gasteiger partial charge in [0.2, 0.25) is 5.95 Å². The molecular weight excluding hydrogens is 230 g/mol. The van der Waals surface area contributed by atoms with E-state index in [0.717, 1.165) is 31.9 Å². The molecule has 0 amide bonds. The van der Waals surface area contributed by atoms with Crippen LogP contribution in [0, 0.1) is 5.92 Å². The molecule has 5 heteroatoms. The number of piperidine rings is 1. The van der Waals surface area contributed by atoms with Gasteiger partial charge in [-0.1, -0.05) is 0 Å². The summed E-state index contributed by atoms with van der Waals surface area (Å²) in [5, 5.41) is 10.0. The van der Waals surface area contributed by atoms with Crippen molar-refractivity contribution in [2.24, 2.45) is 5.92 Å². The van der Waals surface area contributed by atoms with Gasteiger partial charge in [-0.2, -0.15) is 0 Å². The molecule has 1 aliphatic heterocycles. The molecule has 1 aromatic rings. The second-order valence-electron chi connectivity index (χ2n) is 5.34. The molecule has 0 bridgehead atoms. The van der Waals surface area contributed by atoms with Gasteiger partial charge in [-0.15, -0.1) is 0 Å². The summed E-state index contributed by atoms with van der Waals surface area (Å²) in [7, 11) is 1.60. The van der Waals surface area contributed by atoms with E-state index in [1.807, 2.05) is 13.8 Å². The Balaban J connectivity index is 1.96. The van der Waals surface area contributed by atoms with E-state index >= 15 is 0 Å². The van der Waals surface area contributed by atoms with Gasteiger partial charge in [-0.3, -0.25) is 0 Å². The molecule has 1 saturated heterocycles. The van der Waals surface area contributed by atoms with Gasteiger partial charge in [0.1, 0.15) is 0 Å². The van der Waals surface area contributed by atoms with Gasteiger partial charge in [0.15, 0.2) is 5.75 Å². The fraction of sp³-hybridized carbons (Fsp3) is 0.692. The SMILES string of the molecule is COc1cnc(N2CCC(C(C)(C)O)CC2)nc1. The third-order valence-corrected chi connectivity index (χ3v) is 3.63. The fourth-order valence-corrected chi connectivity index (χ4v) is 2.36. The quantitative estimate of drug-likeness (QED) is 0.881. The summed E-state index contributed by atoms with van der Waals surface area (Å²) < 4.78 is 5.04. The Kier molecular flexibility index (Phi) is 3.71. The molecule has 0 atom stereocenters. The van der Waals surface area contributed by atoms with Crippen molar-refractivity contribution in [2.45, 2.75) is 32.3 Å². The van der Waals surface area contributed by atoms with E-state index in [1.54, 1.807) is 19.5 Å². The van der Waals surface area contributed by atoms with Gasteiger partial charge >= 0.3 is 0 Å². The van der Waals surface area contributed by atoms with Crippen LogP contribution in [0.2, 0.25) is 0 Å². The van der Waals surface area contributed by atoms with Crippen molar-refractivity contribution in [3.8, 4) is 5.75 Å². The fourth-order valence-electron chi connectivity index (χ4n) is 2.36. The highest BCUT2D eigenvalue weighted by molar-refractivity contribution is 5.32. The third kappa shape index (κ3) is 2.90. The van der Waals surface area contributed by atoms with Crippen LogP contribution in [0.25, 0.3) is 0 Å². The van der Waals surface area contributed by atoms with Crippen LogP contribution >= 0.6 is 0 Å². The number of methoxy groups -OCH3 is 1. The summed E-state index contributed by atoms with van der Waals surface area (Å²) >= 11 is 0. The van der Waals surface area contributed by atoms with Crippen molar-refractivity contribution >= 4 is 5.95 Å². The molecule has 2 rings (SSSR count). The Morgan fingerprint density at radius 3 is 2.28 bits per heavy atom. The highest BCUT2D eigenvalue weighted by Crippen LogP contribution is 2.29. The standard InChI is InChI=1S/C13H21N3O2/c1-13(2,17)10-4-6-16(7-5-10)12-14-8-11(18-3)9-15-12/h8-10,17H,4-7H2,1-3H3. The average Bonchev–Trinajstić information content (AvgIpc) is 2.38. The van der Waals surface area contributed by atoms with Crippen molar-refractivity contribution in [1.29, 1.82) is 0 Å². The summed E-state index contributed by atoms with van der Waals surface area (Å²) in [6.07, 6.45) is 5.31. The van der Waals surface area contributed by atoms with Gasteiger partial charge < -0.3 is 14.7 Å². The lowest BCUT2D eigenvalue weighted by atomic mass is 9.83. The second-order valence-corrected chi connectivity index (χ2v) is 5.34. The van der Waals surface area contributed by atoms with E-state index in [2.05, 4.69) is 14.9 Å². The molecule has 0 spiro atoms. The first-order valence-corrected chi connectivity index (χ1v) is 6.34. The summed E-state index contributed by atoms with van der Waals surface area (Å²) in [4.78, 5) is 10.7. The highest BCUT2D eigenvalue weighted by atomic mass is 16.5. The van der Waals surface area contributed by atoms with Crippen molar-refractivity contribution in [3.05, 3.63) is 12.4 Å². The Bertz CT molecular complexity index is 378. The number of hydrogen-bond donors (Lipinski definition) is 1. The smallest absolute Gasteiger partial charge is 0.225 e. The van der Waals surface area contributed by atoms with Gasteiger partial charge in [-0.05, 0) is 32.6 Å². The Morgan fingerprint density at radius 1 is 1.28 bits per heavy atom. The van der Waals surface area contributed by atoms with Crippen LogP contribution in [-0.4, -0.2) is 40.9 Å². The van der Waals surface area contributed by atoms with Gasteiger partial charge in [0.25, 0.3) is 0 Å². The summed E-state index contributed by atoms with van der Waals surface area (Å²) in [6.45, 7) is 5.55. The maximum absolute atomic E-state index is 10.0. The Hall–Kier alpha value is -1.36. The minimum Gasteiger partial charge on any atom is -0.494 e. The lowest BCUT2D eigenvalue weighted by Gasteiger charge is -2.37. The third-order valence-electron chi connectivity index (χ3n) is 3.63. The number of hydrogen-bond acceptors (Lipinski definition) is 5. The molecule has 5 nitrogen and oxygen atoms in total. The van der Waals surface area contributed by atoms with Crippen LogP contribution in [0.1, 0.15) is 26.7 Å². The van der Waals surface area contributed by atoms with E-state index in [-0.39, 0.29) is 0 Å². The molecular formula is C13H21N3O2. The number of ether oxygens (including phenoxy) is 1. The topological polar surface area (TPSA) is 58.5 Å². The molecule has 0 unspecified atom stereocenters. The van der Waals surface area contributed by atoms with Crippen molar-refractivity contribution in [3.63, 3.8) is 0 Å². The zero-order valence-corrected chi connectivity index (χ0v) is 11.3. The number of nitrogens with zero attached hydrogens (tertiary/aromatic N) is 3. The van der Waals surface area contributed by atoms with Crippen LogP contribution in [0.3, 0.4) is 0 Å². The van der Waals surface area contributed by atoms with Gasteiger partial charge in [0, 0.05) is 13.1 Å². The predicted molar refractivity (Wildman–Crippen MR) is 69.8 cm³/mol. The molecule has 1 aliphatic rings. The number of rotatable bonds is 3. The molecule has 100 valence electrons. The van der Waals surface area contributed by atoms with Crippen LogP contribution in [-0.2, 0) is 0 Å². The van der Waals surface area contributed by atoms with E-state index in [1.165, 1.54) is 0 Å². The van der Waals surface area contributed by atoms with Crippen LogP contribution in [0.5, 0.6) is 5.75 Å². The number of anilines is 1. The first-order valence-electron chi connectivity index (χ1n) is 6.34. The van der Waals surface area contributed by atoms with E-state index < -0.39 is 5.60 Å². The van der Waals surface area contributed by atoms with Crippen LogP contribution in [0.4, 0.5) is 5.95 Å². The average molecular weight is 251 g/mol. The second kappa shape index (κ2) is 5.10. The zero-order chi connectivity index (χ0) is 13.2. The van der Waals surface area contributed by atoms with Crippen LogP contribution < -0.4 is 9.64 Å². The van der Waals surface area contributed by atoms with E-state index in [4.69, 9.17) is 4.74 Å². The van der Waals surface area contributed by atoms with Crippen molar-refractivity contribution < 1.29 is 9.84 Å². The Labute approximate surface area is 108 Å². The summed E-state index contributed by atoms with van der Waals surface area (Å²) in [6, 6.07) is 0. The lowest BCUT2D eigenvalue weighted by molar-refractivity contribution is 0.00640. The first kappa shape index (κ1) is 13.1. The molecule has 1 fully saturated rings. The normalized spacial score (nSPS) is 17.9. The van der Waals surface area contributed by atoms with Crippen LogP contribution in [0.15, 0.2) is 12.4 Å². The number of aliphatic hydroxyl groups is 1. The van der Waals surface area contributed by atoms with E-state index in [9.17, 15) is 5.11 Å². The largest absolute Gasteiger partial charge is 0.494 e. The maximum Gasteiger partial charge on any atom is 0.225 e. The molecule has 2 heterocycles. The predicted octanol–water partition coefficient (Wildman–Crippen LogP) is 1.47. The number of aromatic nitrogens is 2. The Morgan fingerprint density at radius 2 is 1.83 bits per heavy atom.